The van der Waals surface area contributed by atoms with Crippen LogP contribution in [-0.2, 0) is 9.59 Å². The third kappa shape index (κ3) is 3.06. The number of likely N-dealkylation sites (N-methyl/N-ethyl adjacent to an activating group) is 1. The van der Waals surface area contributed by atoms with Crippen molar-refractivity contribution in [1.29, 1.82) is 0 Å². The minimum Gasteiger partial charge on any atom is -0.480 e. The van der Waals surface area contributed by atoms with Crippen molar-refractivity contribution >= 4 is 29.7 Å². The first-order valence-electron chi connectivity index (χ1n) is 5.53. The fraction of sp³-hybridized carbons (Fsp3) is 0.700. The molecule has 0 saturated carbocycles. The molecule has 3 amide bonds. The predicted octanol–water partition coefficient (Wildman–Crippen LogP) is -0.321. The van der Waals surface area contributed by atoms with E-state index in [1.807, 2.05) is 0 Å². The zero-order valence-corrected chi connectivity index (χ0v) is 11.3. The van der Waals surface area contributed by atoms with Crippen LogP contribution in [0.5, 0.6) is 0 Å². The van der Waals surface area contributed by atoms with Crippen molar-refractivity contribution in [3.8, 4) is 0 Å². The highest BCUT2D eigenvalue weighted by molar-refractivity contribution is 8.00. The van der Waals surface area contributed by atoms with Crippen molar-refractivity contribution < 1.29 is 19.5 Å². The fourth-order valence-corrected chi connectivity index (χ4v) is 2.85. The van der Waals surface area contributed by atoms with E-state index in [0.29, 0.717) is 5.75 Å². The number of nitrogens with one attached hydrogen (secondary N) is 2. The first-order chi connectivity index (χ1) is 8.38. The SMILES string of the molecule is CNC(=O)C(C)NC(=O)N1C(C)SCC1C(=O)O. The van der Waals surface area contributed by atoms with E-state index in [2.05, 4.69) is 10.6 Å². The van der Waals surface area contributed by atoms with E-state index >= 15 is 0 Å². The summed E-state index contributed by atoms with van der Waals surface area (Å²) in [5.74, 6) is -0.998. The molecule has 0 aromatic carbocycles. The molecule has 0 bridgehead atoms. The Morgan fingerprint density at radius 1 is 1.44 bits per heavy atom. The molecule has 102 valence electrons. The van der Waals surface area contributed by atoms with Gasteiger partial charge in [-0.05, 0) is 13.8 Å². The number of aliphatic carboxylic acids is 1. The Morgan fingerprint density at radius 3 is 2.56 bits per heavy atom. The molecule has 3 atom stereocenters. The normalized spacial score (nSPS) is 24.5. The smallest absolute Gasteiger partial charge is 0.327 e. The van der Waals surface area contributed by atoms with Gasteiger partial charge < -0.3 is 15.7 Å². The zero-order valence-electron chi connectivity index (χ0n) is 10.5. The summed E-state index contributed by atoms with van der Waals surface area (Å²) in [7, 11) is 1.47. The van der Waals surface area contributed by atoms with Gasteiger partial charge in [-0.3, -0.25) is 9.69 Å². The van der Waals surface area contributed by atoms with Gasteiger partial charge >= 0.3 is 12.0 Å². The number of carbonyl (C=O) groups excluding carboxylic acids is 2. The number of amides is 3. The number of hydrogen-bond acceptors (Lipinski definition) is 4. The molecule has 1 fully saturated rings. The molecule has 1 saturated heterocycles. The van der Waals surface area contributed by atoms with Crippen LogP contribution in [0.15, 0.2) is 0 Å². The second kappa shape index (κ2) is 5.94. The highest BCUT2D eigenvalue weighted by Gasteiger charge is 2.40. The summed E-state index contributed by atoms with van der Waals surface area (Å²) >= 11 is 1.40. The van der Waals surface area contributed by atoms with E-state index in [-0.39, 0.29) is 11.3 Å². The van der Waals surface area contributed by atoms with E-state index in [0.717, 1.165) is 0 Å². The number of hydrogen-bond donors (Lipinski definition) is 3. The zero-order chi connectivity index (χ0) is 13.9. The van der Waals surface area contributed by atoms with Gasteiger partial charge in [0, 0.05) is 12.8 Å². The molecule has 0 radical (unpaired) electrons. The lowest BCUT2D eigenvalue weighted by atomic mass is 10.3. The molecule has 1 aliphatic rings. The molecule has 3 N–H and O–H groups in total. The first kappa shape index (κ1) is 14.6. The highest BCUT2D eigenvalue weighted by atomic mass is 32.2. The molecular formula is C10H17N3O4S. The van der Waals surface area contributed by atoms with Gasteiger partial charge in [0.1, 0.15) is 12.1 Å². The number of thioether (sulfide) groups is 1. The van der Waals surface area contributed by atoms with Gasteiger partial charge in [-0.2, -0.15) is 0 Å². The van der Waals surface area contributed by atoms with Crippen LogP contribution < -0.4 is 10.6 Å². The summed E-state index contributed by atoms with van der Waals surface area (Å²) in [6.07, 6.45) is 0. The fourth-order valence-electron chi connectivity index (χ4n) is 1.68. The Kier molecular flexibility index (Phi) is 4.83. The maximum atomic E-state index is 12.0. The average Bonchev–Trinajstić information content (AvgIpc) is 2.69. The Bertz CT molecular complexity index is 363. The quantitative estimate of drug-likeness (QED) is 0.655. The van der Waals surface area contributed by atoms with Crippen molar-refractivity contribution in [3.05, 3.63) is 0 Å². The molecule has 7 nitrogen and oxygen atoms in total. The molecule has 0 aromatic rings. The second-order valence-corrected chi connectivity index (χ2v) is 5.33. The van der Waals surface area contributed by atoms with Gasteiger partial charge in [0.15, 0.2) is 0 Å². The minimum atomic E-state index is -1.03. The molecule has 1 rings (SSSR count). The lowest BCUT2D eigenvalue weighted by molar-refractivity contribution is -0.141. The van der Waals surface area contributed by atoms with Crippen LogP contribution in [0.2, 0.25) is 0 Å². The number of carboxylic acid groups (broad SMARTS) is 1. The summed E-state index contributed by atoms with van der Waals surface area (Å²) < 4.78 is 0. The van der Waals surface area contributed by atoms with Gasteiger partial charge in [-0.1, -0.05) is 0 Å². The topological polar surface area (TPSA) is 98.7 Å². The van der Waals surface area contributed by atoms with Crippen molar-refractivity contribution in [1.82, 2.24) is 15.5 Å². The van der Waals surface area contributed by atoms with Gasteiger partial charge in [-0.25, -0.2) is 9.59 Å². The molecule has 0 aliphatic carbocycles. The number of carboxylic acids is 1. The summed E-state index contributed by atoms with van der Waals surface area (Å²) in [5, 5.41) is 13.7. The summed E-state index contributed by atoms with van der Waals surface area (Å²) in [6, 6.07) is -2.08. The number of carbonyl (C=O) groups is 3. The molecule has 1 heterocycles. The standard InChI is InChI=1S/C10H17N3O4S/c1-5(8(14)11-3)12-10(17)13-6(2)18-4-7(13)9(15)16/h5-7H,4H2,1-3H3,(H,11,14)(H,12,17)(H,15,16). The van der Waals surface area contributed by atoms with Crippen molar-refractivity contribution in [3.63, 3.8) is 0 Å². The lowest BCUT2D eigenvalue weighted by Crippen LogP contribution is -2.54. The summed E-state index contributed by atoms with van der Waals surface area (Å²) in [6.45, 7) is 3.30. The Morgan fingerprint density at radius 2 is 2.06 bits per heavy atom. The molecule has 18 heavy (non-hydrogen) atoms. The predicted molar refractivity (Wildman–Crippen MR) is 67.2 cm³/mol. The van der Waals surface area contributed by atoms with Gasteiger partial charge in [0.05, 0.1) is 5.37 Å². The molecular weight excluding hydrogens is 258 g/mol. The maximum absolute atomic E-state index is 12.0. The monoisotopic (exact) mass is 275 g/mol. The van der Waals surface area contributed by atoms with Crippen LogP contribution in [-0.4, -0.2) is 58.2 Å². The Labute approximate surface area is 109 Å². The van der Waals surface area contributed by atoms with Gasteiger partial charge in [0.2, 0.25) is 5.91 Å². The third-order valence-electron chi connectivity index (χ3n) is 2.72. The largest absolute Gasteiger partial charge is 0.480 e. The average molecular weight is 275 g/mol. The van der Waals surface area contributed by atoms with Gasteiger partial charge in [-0.15, -0.1) is 11.8 Å². The van der Waals surface area contributed by atoms with Crippen LogP contribution in [0, 0.1) is 0 Å². The van der Waals surface area contributed by atoms with E-state index in [1.165, 1.54) is 23.7 Å². The van der Waals surface area contributed by atoms with Crippen LogP contribution in [0.4, 0.5) is 4.79 Å². The molecule has 1 aliphatic heterocycles. The Balaban J connectivity index is 2.70. The maximum Gasteiger partial charge on any atom is 0.327 e. The first-order valence-corrected chi connectivity index (χ1v) is 6.58. The van der Waals surface area contributed by atoms with E-state index < -0.39 is 24.1 Å². The third-order valence-corrected chi connectivity index (χ3v) is 3.94. The number of urea groups is 1. The van der Waals surface area contributed by atoms with Gasteiger partial charge in [0.25, 0.3) is 0 Å². The minimum absolute atomic E-state index is 0.219. The Hall–Kier alpha value is -1.44. The highest BCUT2D eigenvalue weighted by Crippen LogP contribution is 2.28. The van der Waals surface area contributed by atoms with E-state index in [9.17, 15) is 14.4 Å². The van der Waals surface area contributed by atoms with Crippen LogP contribution in [0.3, 0.4) is 0 Å². The summed E-state index contributed by atoms with van der Waals surface area (Å²) in [5.41, 5.74) is 0. The van der Waals surface area contributed by atoms with Crippen molar-refractivity contribution in [2.75, 3.05) is 12.8 Å². The molecule has 3 unspecified atom stereocenters. The van der Waals surface area contributed by atoms with Crippen LogP contribution >= 0.6 is 11.8 Å². The molecule has 8 heteroatoms. The van der Waals surface area contributed by atoms with E-state index in [4.69, 9.17) is 5.11 Å². The lowest BCUT2D eigenvalue weighted by Gasteiger charge is -2.26. The van der Waals surface area contributed by atoms with Crippen LogP contribution in [0.25, 0.3) is 0 Å². The van der Waals surface area contributed by atoms with Crippen molar-refractivity contribution in [2.45, 2.75) is 31.3 Å². The van der Waals surface area contributed by atoms with Crippen molar-refractivity contribution in [2.24, 2.45) is 0 Å². The number of nitrogens with zero attached hydrogens (tertiary/aromatic N) is 1. The van der Waals surface area contributed by atoms with E-state index in [1.54, 1.807) is 13.8 Å². The molecule has 0 spiro atoms. The second-order valence-electron chi connectivity index (χ2n) is 3.98. The molecule has 0 aromatic heterocycles. The van der Waals surface area contributed by atoms with Crippen LogP contribution in [0.1, 0.15) is 13.8 Å². The summed E-state index contributed by atoms with van der Waals surface area (Å²) in [4.78, 5) is 35.5. The number of rotatable bonds is 3.